The number of hydrogen-bond donors (Lipinski definition) is 0. The van der Waals surface area contributed by atoms with E-state index in [0.717, 1.165) is 17.5 Å². The average Bonchev–Trinajstić information content (AvgIpc) is 3.21. The molecule has 0 bridgehead atoms. The highest BCUT2D eigenvalue weighted by Gasteiger charge is 2.42. The van der Waals surface area contributed by atoms with E-state index in [4.69, 9.17) is 0 Å². The third kappa shape index (κ3) is 2.32. The molecule has 0 radical (unpaired) electrons. The molecule has 0 aromatic heterocycles. The fraction of sp³-hybridized carbons (Fsp3) is 0.412. The van der Waals surface area contributed by atoms with Crippen LogP contribution in [0.4, 0.5) is 10.1 Å². The van der Waals surface area contributed by atoms with Crippen molar-refractivity contribution in [3.05, 3.63) is 47.6 Å². The lowest BCUT2D eigenvalue weighted by atomic mass is 9.94. The fourth-order valence-electron chi connectivity index (χ4n) is 2.98. The van der Waals surface area contributed by atoms with Crippen molar-refractivity contribution in [1.82, 2.24) is 0 Å². The van der Waals surface area contributed by atoms with Gasteiger partial charge in [0.25, 0.3) is 0 Å². The van der Waals surface area contributed by atoms with Crippen molar-refractivity contribution in [2.24, 2.45) is 11.8 Å². The molecule has 1 saturated carbocycles. The molecule has 0 amide bonds. The number of fused-ring (bicyclic) bond motifs is 1. The Balaban J connectivity index is 1.80. The molecule has 1 fully saturated rings. The van der Waals surface area contributed by atoms with E-state index in [1.54, 1.807) is 0 Å². The molecule has 100 valence electrons. The number of benzene rings is 1. The molecule has 19 heavy (non-hydrogen) atoms. The number of nitrogens with zero attached hydrogens (tertiary/aromatic N) is 1. The summed E-state index contributed by atoms with van der Waals surface area (Å²) >= 11 is 0. The standard InChI is InChI=1S/C17H20FN/c1-12-3-8-15(17-11-16(12)17)13-4-6-14(7-5-13)19(2)10-9-18/h3-8,16-17H,9-11H2,1-2H3. The van der Waals surface area contributed by atoms with E-state index in [0.29, 0.717) is 6.54 Å². The van der Waals surface area contributed by atoms with E-state index in [9.17, 15) is 4.39 Å². The van der Waals surface area contributed by atoms with Gasteiger partial charge in [0.05, 0.1) is 0 Å². The zero-order valence-corrected chi connectivity index (χ0v) is 11.6. The normalized spacial score (nSPS) is 24.4. The quantitative estimate of drug-likeness (QED) is 0.786. The zero-order valence-electron chi connectivity index (χ0n) is 11.6. The van der Waals surface area contributed by atoms with Gasteiger partial charge in [-0.3, -0.25) is 0 Å². The summed E-state index contributed by atoms with van der Waals surface area (Å²) in [5, 5.41) is 0. The molecule has 1 aromatic rings. The van der Waals surface area contributed by atoms with Gasteiger partial charge in [0.1, 0.15) is 6.67 Å². The molecule has 0 saturated heterocycles. The third-order valence-corrected chi connectivity index (χ3v) is 4.36. The molecule has 2 aliphatic rings. The summed E-state index contributed by atoms with van der Waals surface area (Å²) < 4.78 is 12.3. The maximum atomic E-state index is 12.3. The molecule has 0 aliphatic heterocycles. The van der Waals surface area contributed by atoms with Crippen LogP contribution in [-0.4, -0.2) is 20.3 Å². The average molecular weight is 257 g/mol. The number of hydrogen-bond acceptors (Lipinski definition) is 1. The van der Waals surface area contributed by atoms with Crippen LogP contribution in [0.1, 0.15) is 18.9 Å². The van der Waals surface area contributed by atoms with Gasteiger partial charge >= 0.3 is 0 Å². The molecular formula is C17H20FN. The van der Waals surface area contributed by atoms with E-state index in [1.165, 1.54) is 23.1 Å². The summed E-state index contributed by atoms with van der Waals surface area (Å²) in [5.74, 6) is 1.52. The summed E-state index contributed by atoms with van der Waals surface area (Å²) in [4.78, 5) is 1.95. The van der Waals surface area contributed by atoms with Gasteiger partial charge in [-0.2, -0.15) is 0 Å². The van der Waals surface area contributed by atoms with Crippen molar-refractivity contribution >= 4 is 11.3 Å². The third-order valence-electron chi connectivity index (χ3n) is 4.36. The van der Waals surface area contributed by atoms with Crippen LogP contribution in [0.15, 0.2) is 42.0 Å². The summed E-state index contributed by atoms with van der Waals surface area (Å²) in [6.45, 7) is 2.37. The summed E-state index contributed by atoms with van der Waals surface area (Å²) in [7, 11) is 1.93. The predicted octanol–water partition coefficient (Wildman–Crippen LogP) is 4.07. The summed E-state index contributed by atoms with van der Waals surface area (Å²) in [5.41, 5.74) is 5.38. The molecule has 2 heteroatoms. The highest BCUT2D eigenvalue weighted by atomic mass is 19.1. The smallest absolute Gasteiger partial charge is 0.107 e. The minimum Gasteiger partial charge on any atom is -0.372 e. The Morgan fingerprint density at radius 1 is 1.16 bits per heavy atom. The van der Waals surface area contributed by atoms with Crippen LogP contribution in [0.2, 0.25) is 0 Å². The van der Waals surface area contributed by atoms with Gasteiger partial charge in [-0.25, -0.2) is 4.39 Å². The van der Waals surface area contributed by atoms with Crippen LogP contribution in [0.3, 0.4) is 0 Å². The van der Waals surface area contributed by atoms with E-state index in [-0.39, 0.29) is 6.67 Å². The first-order chi connectivity index (χ1) is 9.20. The van der Waals surface area contributed by atoms with Gasteiger partial charge in [0.2, 0.25) is 0 Å². The maximum absolute atomic E-state index is 12.3. The lowest BCUT2D eigenvalue weighted by Crippen LogP contribution is -2.19. The Kier molecular flexibility index (Phi) is 3.17. The van der Waals surface area contributed by atoms with Gasteiger partial charge in [0, 0.05) is 19.3 Å². The Morgan fingerprint density at radius 3 is 2.58 bits per heavy atom. The van der Waals surface area contributed by atoms with Crippen molar-refractivity contribution < 1.29 is 4.39 Å². The van der Waals surface area contributed by atoms with E-state index in [2.05, 4.69) is 43.3 Å². The first-order valence-corrected chi connectivity index (χ1v) is 6.96. The second kappa shape index (κ2) is 4.84. The van der Waals surface area contributed by atoms with Crippen LogP contribution in [0.25, 0.3) is 5.57 Å². The molecule has 3 rings (SSSR count). The lowest BCUT2D eigenvalue weighted by molar-refractivity contribution is 0.497. The van der Waals surface area contributed by atoms with Gasteiger partial charge in [-0.1, -0.05) is 29.9 Å². The number of anilines is 1. The second-order valence-corrected chi connectivity index (χ2v) is 5.64. The van der Waals surface area contributed by atoms with Crippen LogP contribution >= 0.6 is 0 Å². The molecule has 0 heterocycles. The van der Waals surface area contributed by atoms with Crippen LogP contribution < -0.4 is 4.90 Å². The van der Waals surface area contributed by atoms with Crippen molar-refractivity contribution in [3.8, 4) is 0 Å². The highest BCUT2D eigenvalue weighted by molar-refractivity contribution is 5.74. The number of halogens is 1. The van der Waals surface area contributed by atoms with Gasteiger partial charge in [-0.15, -0.1) is 0 Å². The molecule has 0 N–H and O–H groups in total. The van der Waals surface area contributed by atoms with E-state index < -0.39 is 0 Å². The molecule has 1 aromatic carbocycles. The van der Waals surface area contributed by atoms with Crippen molar-refractivity contribution in [3.63, 3.8) is 0 Å². The maximum Gasteiger partial charge on any atom is 0.107 e. The Morgan fingerprint density at radius 2 is 1.89 bits per heavy atom. The topological polar surface area (TPSA) is 3.24 Å². The Labute approximate surface area is 114 Å². The van der Waals surface area contributed by atoms with Crippen molar-refractivity contribution in [2.75, 3.05) is 25.2 Å². The van der Waals surface area contributed by atoms with E-state index >= 15 is 0 Å². The SMILES string of the molecule is CC1=CC=C(c2ccc(N(C)CCF)cc2)C2CC12. The zero-order chi connectivity index (χ0) is 13.4. The van der Waals surface area contributed by atoms with Gasteiger partial charge in [-0.05, 0) is 48.4 Å². The van der Waals surface area contributed by atoms with Gasteiger partial charge in [0.15, 0.2) is 0 Å². The summed E-state index contributed by atoms with van der Waals surface area (Å²) in [6.07, 6.45) is 5.83. The largest absolute Gasteiger partial charge is 0.372 e. The molecule has 2 unspecified atom stereocenters. The Bertz CT molecular complexity index is 527. The first kappa shape index (κ1) is 12.5. The first-order valence-electron chi connectivity index (χ1n) is 6.96. The number of allylic oxidation sites excluding steroid dienone is 4. The lowest BCUT2D eigenvalue weighted by Gasteiger charge is -2.18. The molecule has 2 aliphatic carbocycles. The van der Waals surface area contributed by atoms with Crippen LogP contribution in [0, 0.1) is 11.8 Å². The van der Waals surface area contributed by atoms with Crippen LogP contribution in [-0.2, 0) is 0 Å². The molecular weight excluding hydrogens is 237 g/mol. The van der Waals surface area contributed by atoms with Crippen molar-refractivity contribution in [1.29, 1.82) is 0 Å². The Hall–Kier alpha value is -1.57. The van der Waals surface area contributed by atoms with Crippen molar-refractivity contribution in [2.45, 2.75) is 13.3 Å². The fourth-order valence-corrected chi connectivity index (χ4v) is 2.98. The van der Waals surface area contributed by atoms with Crippen LogP contribution in [0.5, 0.6) is 0 Å². The van der Waals surface area contributed by atoms with Gasteiger partial charge < -0.3 is 4.90 Å². The molecule has 2 atom stereocenters. The molecule has 1 nitrogen and oxygen atoms in total. The molecule has 0 spiro atoms. The highest BCUT2D eigenvalue weighted by Crippen LogP contribution is 2.54. The predicted molar refractivity (Wildman–Crippen MR) is 79.0 cm³/mol. The minimum absolute atomic E-state index is 0.308. The van der Waals surface area contributed by atoms with E-state index in [1.807, 2.05) is 11.9 Å². The minimum atomic E-state index is -0.308. The summed E-state index contributed by atoms with van der Waals surface area (Å²) in [6, 6.07) is 8.52. The monoisotopic (exact) mass is 257 g/mol. The number of alkyl halides is 1. The number of rotatable bonds is 4. The second-order valence-electron chi connectivity index (χ2n) is 5.64.